The van der Waals surface area contributed by atoms with Gasteiger partial charge in [-0.3, -0.25) is 4.90 Å². The molecule has 1 aliphatic heterocycles. The third kappa shape index (κ3) is 4.63. The Balaban J connectivity index is 1.79. The third-order valence-electron chi connectivity index (χ3n) is 4.45. The molecule has 1 amide bonds. The van der Waals surface area contributed by atoms with Crippen molar-refractivity contribution in [1.82, 2.24) is 4.90 Å². The van der Waals surface area contributed by atoms with Crippen molar-refractivity contribution in [3.8, 4) is 5.75 Å². The number of rotatable bonds is 4. The zero-order valence-corrected chi connectivity index (χ0v) is 16.3. The maximum absolute atomic E-state index is 12.5. The highest BCUT2D eigenvalue weighted by molar-refractivity contribution is 5.82. The summed E-state index contributed by atoms with van der Waals surface area (Å²) < 4.78 is 11.2. The molecule has 0 aromatic heterocycles. The van der Waals surface area contributed by atoms with Crippen LogP contribution in [0.25, 0.3) is 0 Å². The van der Waals surface area contributed by atoms with Gasteiger partial charge in [0.25, 0.3) is 0 Å². The van der Waals surface area contributed by atoms with Gasteiger partial charge in [0.15, 0.2) is 6.04 Å². The van der Waals surface area contributed by atoms with Crippen molar-refractivity contribution < 1.29 is 24.2 Å². The number of hydrogen-bond donors (Lipinski definition) is 1. The van der Waals surface area contributed by atoms with Gasteiger partial charge in [0.1, 0.15) is 18.0 Å². The Hall–Kier alpha value is -3.02. The van der Waals surface area contributed by atoms with Crippen LogP contribution in [-0.2, 0) is 22.6 Å². The van der Waals surface area contributed by atoms with Crippen LogP contribution in [0.15, 0.2) is 48.5 Å². The minimum Gasteiger partial charge on any atom is -0.489 e. The Kier molecular flexibility index (Phi) is 5.58. The van der Waals surface area contributed by atoms with Crippen LogP contribution in [0.4, 0.5) is 4.79 Å². The van der Waals surface area contributed by atoms with Crippen LogP contribution in [0, 0.1) is 0 Å². The molecular weight excluding hydrogens is 358 g/mol. The van der Waals surface area contributed by atoms with Gasteiger partial charge in [-0.2, -0.15) is 0 Å². The number of carboxylic acids is 1. The van der Waals surface area contributed by atoms with Crippen LogP contribution in [0.2, 0.25) is 0 Å². The average Bonchev–Trinajstić information content (AvgIpc) is 2.64. The molecule has 2 aromatic rings. The topological polar surface area (TPSA) is 76.1 Å². The van der Waals surface area contributed by atoms with Crippen molar-refractivity contribution in [2.45, 2.75) is 45.4 Å². The lowest BCUT2D eigenvalue weighted by molar-refractivity contribution is -0.143. The van der Waals surface area contributed by atoms with E-state index in [0.717, 1.165) is 11.1 Å². The highest BCUT2D eigenvalue weighted by Gasteiger charge is 2.38. The van der Waals surface area contributed by atoms with Crippen LogP contribution in [0.1, 0.15) is 43.5 Å². The van der Waals surface area contributed by atoms with Crippen LogP contribution >= 0.6 is 0 Å². The molecule has 1 unspecified atom stereocenters. The van der Waals surface area contributed by atoms with E-state index >= 15 is 0 Å². The molecule has 28 heavy (non-hydrogen) atoms. The lowest BCUT2D eigenvalue weighted by atomic mass is 9.92. The first-order valence-electron chi connectivity index (χ1n) is 9.26. The largest absolute Gasteiger partial charge is 0.489 e. The zero-order valence-electron chi connectivity index (χ0n) is 16.3. The smallest absolute Gasteiger partial charge is 0.411 e. The van der Waals surface area contributed by atoms with Crippen molar-refractivity contribution >= 4 is 12.1 Å². The van der Waals surface area contributed by atoms with Gasteiger partial charge in [-0.25, -0.2) is 9.59 Å². The molecule has 0 aliphatic carbocycles. The Labute approximate surface area is 164 Å². The molecule has 0 saturated heterocycles. The number of carboxylic acid groups (broad SMARTS) is 1. The lowest BCUT2D eigenvalue weighted by Crippen LogP contribution is -2.45. The molecule has 6 heteroatoms. The lowest BCUT2D eigenvalue weighted by Gasteiger charge is -2.36. The molecule has 6 nitrogen and oxygen atoms in total. The van der Waals surface area contributed by atoms with Crippen molar-refractivity contribution in [3.63, 3.8) is 0 Å². The van der Waals surface area contributed by atoms with E-state index in [1.165, 1.54) is 4.90 Å². The number of benzene rings is 2. The highest BCUT2D eigenvalue weighted by atomic mass is 16.6. The van der Waals surface area contributed by atoms with Gasteiger partial charge in [0.2, 0.25) is 0 Å². The molecular formula is C22H25NO5. The van der Waals surface area contributed by atoms with Gasteiger partial charge >= 0.3 is 12.1 Å². The second-order valence-corrected chi connectivity index (χ2v) is 7.80. The van der Waals surface area contributed by atoms with E-state index < -0.39 is 23.7 Å². The molecule has 0 radical (unpaired) electrons. The van der Waals surface area contributed by atoms with E-state index in [1.807, 2.05) is 36.4 Å². The summed E-state index contributed by atoms with van der Waals surface area (Å²) in [7, 11) is 0. The number of carbonyl (C=O) groups is 2. The first-order valence-corrected chi connectivity index (χ1v) is 9.26. The summed E-state index contributed by atoms with van der Waals surface area (Å²) in [6, 6.07) is 14.1. The fourth-order valence-corrected chi connectivity index (χ4v) is 3.22. The first-order chi connectivity index (χ1) is 13.2. The van der Waals surface area contributed by atoms with Crippen LogP contribution in [0.5, 0.6) is 5.75 Å². The fraction of sp³-hybridized carbons (Fsp3) is 0.364. The summed E-state index contributed by atoms with van der Waals surface area (Å²) in [5.74, 6) is -0.401. The molecule has 148 valence electrons. The predicted molar refractivity (Wildman–Crippen MR) is 104 cm³/mol. The van der Waals surface area contributed by atoms with Gasteiger partial charge in [0, 0.05) is 6.54 Å². The number of nitrogens with zero attached hydrogens (tertiary/aromatic N) is 1. The van der Waals surface area contributed by atoms with E-state index in [-0.39, 0.29) is 6.54 Å². The predicted octanol–water partition coefficient (Wildman–Crippen LogP) is 4.18. The van der Waals surface area contributed by atoms with Crippen LogP contribution in [-0.4, -0.2) is 34.2 Å². The molecule has 1 N–H and O–H groups in total. The Morgan fingerprint density at radius 2 is 1.86 bits per heavy atom. The first kappa shape index (κ1) is 19.7. The number of fused-ring (bicyclic) bond motifs is 1. The minimum absolute atomic E-state index is 0.279. The number of carbonyl (C=O) groups excluding carboxylic acids is 1. The summed E-state index contributed by atoms with van der Waals surface area (Å²) >= 11 is 0. The molecule has 1 aliphatic rings. The quantitative estimate of drug-likeness (QED) is 0.857. The summed E-state index contributed by atoms with van der Waals surface area (Å²) in [4.78, 5) is 25.7. The van der Waals surface area contributed by atoms with Crippen LogP contribution in [0.3, 0.4) is 0 Å². The fourth-order valence-electron chi connectivity index (χ4n) is 3.22. The molecule has 3 rings (SSSR count). The molecule has 0 spiro atoms. The maximum Gasteiger partial charge on any atom is 0.411 e. The summed E-state index contributed by atoms with van der Waals surface area (Å²) in [6.45, 7) is 5.99. The van der Waals surface area contributed by atoms with Crippen molar-refractivity contribution in [1.29, 1.82) is 0 Å². The number of hydrogen-bond acceptors (Lipinski definition) is 4. The third-order valence-corrected chi connectivity index (χ3v) is 4.45. The van der Waals surface area contributed by atoms with Crippen molar-refractivity contribution in [3.05, 3.63) is 65.2 Å². The standard InChI is InChI=1S/C22H25NO5/c1-22(2,3)28-21(26)23-12-11-16-13-17(9-10-18(16)19(23)20(24)25)27-14-15-7-5-4-6-8-15/h4-10,13,19H,11-12,14H2,1-3H3,(H,24,25). The summed E-state index contributed by atoms with van der Waals surface area (Å²) in [5.41, 5.74) is 1.84. The number of ether oxygens (including phenoxy) is 2. The summed E-state index contributed by atoms with van der Waals surface area (Å²) in [5, 5.41) is 9.74. The van der Waals surface area contributed by atoms with Crippen molar-refractivity contribution in [2.75, 3.05) is 6.54 Å². The maximum atomic E-state index is 12.5. The molecule has 0 saturated carbocycles. The SMILES string of the molecule is CC(C)(C)OC(=O)N1CCc2cc(OCc3ccccc3)ccc2C1C(=O)O. The number of aliphatic carboxylic acids is 1. The van der Waals surface area contributed by atoms with Gasteiger partial charge in [0.05, 0.1) is 0 Å². The molecule has 2 aromatic carbocycles. The zero-order chi connectivity index (χ0) is 20.3. The monoisotopic (exact) mass is 383 g/mol. The molecule has 1 heterocycles. The molecule has 0 fully saturated rings. The Morgan fingerprint density at radius 1 is 1.14 bits per heavy atom. The Morgan fingerprint density at radius 3 is 2.50 bits per heavy atom. The minimum atomic E-state index is -1.08. The van der Waals surface area contributed by atoms with E-state index in [0.29, 0.717) is 24.3 Å². The molecule has 0 bridgehead atoms. The van der Waals surface area contributed by atoms with Gasteiger partial charge in [-0.05, 0) is 56.0 Å². The van der Waals surface area contributed by atoms with Gasteiger partial charge in [-0.15, -0.1) is 0 Å². The van der Waals surface area contributed by atoms with E-state index in [1.54, 1.807) is 32.9 Å². The van der Waals surface area contributed by atoms with Crippen LogP contribution < -0.4 is 4.74 Å². The second kappa shape index (κ2) is 7.92. The second-order valence-electron chi connectivity index (χ2n) is 7.80. The van der Waals surface area contributed by atoms with E-state index in [9.17, 15) is 14.7 Å². The van der Waals surface area contributed by atoms with Gasteiger partial charge in [-0.1, -0.05) is 36.4 Å². The number of amides is 1. The summed E-state index contributed by atoms with van der Waals surface area (Å²) in [6.07, 6.45) is -0.0732. The molecule has 1 atom stereocenters. The average molecular weight is 383 g/mol. The normalized spacial score (nSPS) is 16.2. The van der Waals surface area contributed by atoms with Crippen molar-refractivity contribution in [2.24, 2.45) is 0 Å². The van der Waals surface area contributed by atoms with E-state index in [4.69, 9.17) is 9.47 Å². The van der Waals surface area contributed by atoms with Gasteiger partial charge < -0.3 is 14.6 Å². The highest BCUT2D eigenvalue weighted by Crippen LogP contribution is 2.33. The van der Waals surface area contributed by atoms with E-state index in [2.05, 4.69) is 0 Å². The Bertz CT molecular complexity index is 857.